The van der Waals surface area contributed by atoms with Crippen molar-refractivity contribution < 1.29 is 32.0 Å². The van der Waals surface area contributed by atoms with Crippen molar-refractivity contribution in [2.45, 2.75) is 23.8 Å². The minimum absolute atomic E-state index is 0.0222. The summed E-state index contributed by atoms with van der Waals surface area (Å²) < 4.78 is 52.1. The molecule has 0 saturated carbocycles. The van der Waals surface area contributed by atoms with E-state index in [1.165, 1.54) is 46.1 Å². The van der Waals surface area contributed by atoms with Gasteiger partial charge in [0, 0.05) is 34.9 Å². The summed E-state index contributed by atoms with van der Waals surface area (Å²) in [7, 11) is -8.77. The lowest BCUT2D eigenvalue weighted by Crippen LogP contribution is -2.49. The van der Waals surface area contributed by atoms with Gasteiger partial charge in [-0.25, -0.2) is 36.8 Å². The number of halogens is 1. The van der Waals surface area contributed by atoms with E-state index >= 15 is 0 Å². The summed E-state index contributed by atoms with van der Waals surface area (Å²) in [5.74, 6) is 0.320. The van der Waals surface area contributed by atoms with Crippen LogP contribution in [-0.4, -0.2) is 63.5 Å². The predicted octanol–water partition coefficient (Wildman–Crippen LogP) is 4.57. The van der Waals surface area contributed by atoms with Crippen molar-refractivity contribution in [2.24, 2.45) is 0 Å². The third kappa shape index (κ3) is 6.50. The monoisotopic (exact) mass is 676 g/mol. The Morgan fingerprint density at radius 3 is 2.73 bits per heavy atom. The Morgan fingerprint density at radius 2 is 1.98 bits per heavy atom. The highest BCUT2D eigenvalue weighted by Crippen LogP contribution is 2.38. The van der Waals surface area contributed by atoms with Crippen LogP contribution in [-0.2, 0) is 19.1 Å². The number of imidazole rings is 1. The molecule has 0 amide bonds. The highest BCUT2D eigenvalue weighted by atomic mass is 35.5. The summed E-state index contributed by atoms with van der Waals surface area (Å²) >= 11 is 7.46. The van der Waals surface area contributed by atoms with Gasteiger partial charge in [0.05, 0.1) is 22.3 Å². The highest BCUT2D eigenvalue weighted by molar-refractivity contribution is 7.92. The van der Waals surface area contributed by atoms with Crippen molar-refractivity contribution in [2.75, 3.05) is 24.2 Å². The zero-order valence-corrected chi connectivity index (χ0v) is 26.1. The van der Waals surface area contributed by atoms with E-state index in [9.17, 15) is 13.0 Å². The van der Waals surface area contributed by atoms with E-state index in [2.05, 4.69) is 14.8 Å². The van der Waals surface area contributed by atoms with Crippen molar-refractivity contribution >= 4 is 51.7 Å². The number of rotatable bonds is 10. The quantitative estimate of drug-likeness (QED) is 0.140. The molecule has 0 bridgehead atoms. The zero-order chi connectivity index (χ0) is 30.9. The topological polar surface area (TPSA) is 168 Å². The summed E-state index contributed by atoms with van der Waals surface area (Å²) in [6.45, 7) is 0.573. The Hall–Kier alpha value is -3.40. The minimum Gasteiger partial charge on any atom is -0.467 e. The van der Waals surface area contributed by atoms with Crippen LogP contribution in [0.3, 0.4) is 0 Å². The van der Waals surface area contributed by atoms with E-state index in [0.29, 0.717) is 51.3 Å². The fraction of sp³-hybridized carbons (Fsp3) is 0.222. The standard InChI is InChI=1S/C27H26ClN6O7PS2/c28-19-6-8-22(9-7-19)44(38,39)34(20-4-2-11-29-16-20)26-30-12-10-23(31-26)25-24(32-27-33(25)13-14-43-27)18-3-1-5-21(15-18)40-17-41-42(35,36)37/h1,3,5-10,12-15,20,29H,2,4,11,16-17H2,(H2,35,36,37)/t20-/m1/s1. The number of hydrogen-bond acceptors (Lipinski definition) is 10. The second-order valence-corrected chi connectivity index (χ2v) is 14.1. The molecule has 2 aromatic carbocycles. The zero-order valence-electron chi connectivity index (χ0n) is 22.9. The molecule has 1 saturated heterocycles. The van der Waals surface area contributed by atoms with E-state index in [1.807, 2.05) is 16.0 Å². The number of sulfonamides is 1. The van der Waals surface area contributed by atoms with E-state index in [-0.39, 0.29) is 10.8 Å². The second kappa shape index (κ2) is 12.5. The number of anilines is 1. The molecule has 5 aromatic rings. The molecule has 6 rings (SSSR count). The number of nitrogens with zero attached hydrogens (tertiary/aromatic N) is 5. The fourth-order valence-electron chi connectivity index (χ4n) is 4.94. The predicted molar refractivity (Wildman–Crippen MR) is 165 cm³/mol. The lowest BCUT2D eigenvalue weighted by molar-refractivity contribution is 0.0829. The summed E-state index contributed by atoms with van der Waals surface area (Å²) in [4.78, 5) is 32.7. The van der Waals surface area contributed by atoms with Gasteiger partial charge in [-0.15, -0.1) is 11.3 Å². The average molecular weight is 677 g/mol. The van der Waals surface area contributed by atoms with Crippen LogP contribution in [0.4, 0.5) is 5.95 Å². The maximum atomic E-state index is 14.1. The average Bonchev–Trinajstić information content (AvgIpc) is 3.60. The van der Waals surface area contributed by atoms with Gasteiger partial charge in [0.25, 0.3) is 10.0 Å². The molecule has 1 fully saturated rings. The Morgan fingerprint density at radius 1 is 1.16 bits per heavy atom. The van der Waals surface area contributed by atoms with Gasteiger partial charge in [0.2, 0.25) is 5.95 Å². The smallest absolute Gasteiger partial charge is 0.467 e. The Balaban J connectivity index is 1.43. The van der Waals surface area contributed by atoms with Crippen LogP contribution in [0.1, 0.15) is 12.8 Å². The molecule has 4 heterocycles. The van der Waals surface area contributed by atoms with Crippen LogP contribution in [0.25, 0.3) is 27.6 Å². The van der Waals surface area contributed by atoms with Crippen LogP contribution in [0.15, 0.2) is 77.3 Å². The minimum atomic E-state index is -4.70. The number of fused-ring (bicyclic) bond motifs is 1. The van der Waals surface area contributed by atoms with Crippen LogP contribution >= 0.6 is 30.8 Å². The first-order valence-electron chi connectivity index (χ1n) is 13.3. The number of ether oxygens (including phenoxy) is 1. The largest absolute Gasteiger partial charge is 0.472 e. The van der Waals surface area contributed by atoms with Crippen molar-refractivity contribution in [3.63, 3.8) is 0 Å². The molecule has 0 spiro atoms. The Kier molecular flexibility index (Phi) is 8.72. The summed E-state index contributed by atoms with van der Waals surface area (Å²) in [6, 6.07) is 14.1. The van der Waals surface area contributed by atoms with Crippen LogP contribution in [0, 0.1) is 0 Å². The number of piperidine rings is 1. The van der Waals surface area contributed by atoms with Crippen LogP contribution in [0.5, 0.6) is 5.75 Å². The number of benzene rings is 2. The molecule has 44 heavy (non-hydrogen) atoms. The first kappa shape index (κ1) is 30.6. The molecule has 1 aliphatic rings. The number of phosphoric acid groups is 1. The molecular weight excluding hydrogens is 651 g/mol. The number of aromatic nitrogens is 4. The summed E-state index contributed by atoms with van der Waals surface area (Å²) in [5.41, 5.74) is 2.20. The number of thiazole rings is 1. The molecule has 1 atom stereocenters. The molecule has 1 aliphatic heterocycles. The van der Waals surface area contributed by atoms with Gasteiger partial charge in [0.15, 0.2) is 11.8 Å². The SMILES string of the molecule is O=P(O)(O)OCOc1cccc(-c2nc3sccn3c2-c2ccnc(N([C@@H]3CCCNC3)S(=O)(=O)c3ccc(Cl)cc3)n2)c1. The summed E-state index contributed by atoms with van der Waals surface area (Å²) in [6.07, 6.45) is 4.78. The first-order valence-corrected chi connectivity index (χ1v) is 17.6. The Labute approximate surface area is 261 Å². The van der Waals surface area contributed by atoms with Gasteiger partial charge in [-0.1, -0.05) is 23.7 Å². The molecule has 17 heteroatoms. The maximum Gasteiger partial charge on any atom is 0.472 e. The maximum absolute atomic E-state index is 14.1. The molecule has 13 nitrogen and oxygen atoms in total. The molecule has 3 aromatic heterocycles. The molecule has 230 valence electrons. The molecular formula is C27H26ClN6O7PS2. The second-order valence-electron chi connectivity index (χ2n) is 9.77. The fourth-order valence-corrected chi connectivity index (χ4v) is 7.55. The van der Waals surface area contributed by atoms with Crippen LogP contribution < -0.4 is 14.4 Å². The Bertz CT molecular complexity index is 1940. The van der Waals surface area contributed by atoms with Gasteiger partial charge in [-0.3, -0.25) is 4.40 Å². The van der Waals surface area contributed by atoms with Gasteiger partial charge in [0.1, 0.15) is 11.4 Å². The van der Waals surface area contributed by atoms with Crippen molar-refractivity contribution in [1.29, 1.82) is 0 Å². The highest BCUT2D eigenvalue weighted by Gasteiger charge is 2.35. The van der Waals surface area contributed by atoms with Gasteiger partial charge in [-0.2, -0.15) is 0 Å². The third-order valence-electron chi connectivity index (χ3n) is 6.87. The molecule has 0 aliphatic carbocycles. The number of nitrogens with one attached hydrogen (secondary N) is 1. The number of hydrogen-bond donors (Lipinski definition) is 3. The molecule has 3 N–H and O–H groups in total. The van der Waals surface area contributed by atoms with Crippen molar-refractivity contribution in [3.05, 3.63) is 77.4 Å². The van der Waals surface area contributed by atoms with Crippen molar-refractivity contribution in [3.8, 4) is 28.4 Å². The third-order valence-corrected chi connectivity index (χ3v) is 10.2. The van der Waals surface area contributed by atoms with Gasteiger partial charge < -0.3 is 19.8 Å². The molecule has 0 radical (unpaired) electrons. The lowest BCUT2D eigenvalue weighted by Gasteiger charge is -2.33. The lowest BCUT2D eigenvalue weighted by atomic mass is 10.1. The van der Waals surface area contributed by atoms with E-state index in [1.54, 1.807) is 30.3 Å². The summed E-state index contributed by atoms with van der Waals surface area (Å²) in [5, 5.41) is 5.58. The van der Waals surface area contributed by atoms with Gasteiger partial charge >= 0.3 is 7.82 Å². The van der Waals surface area contributed by atoms with Gasteiger partial charge in [-0.05, 0) is 61.9 Å². The number of phosphoric ester groups is 1. The van der Waals surface area contributed by atoms with Crippen LogP contribution in [0.2, 0.25) is 5.02 Å². The molecule has 0 unspecified atom stereocenters. The normalized spacial score (nSPS) is 15.8. The first-order chi connectivity index (χ1) is 21.1. The van der Waals surface area contributed by atoms with E-state index < -0.39 is 30.7 Å². The van der Waals surface area contributed by atoms with Crippen molar-refractivity contribution in [1.82, 2.24) is 24.7 Å². The van der Waals surface area contributed by atoms with E-state index in [4.69, 9.17) is 36.1 Å². The van der Waals surface area contributed by atoms with E-state index in [0.717, 1.165) is 13.0 Å².